The first-order valence-electron chi connectivity index (χ1n) is 10.2. The third-order valence-corrected chi connectivity index (χ3v) is 5.66. The average Bonchev–Trinajstić information content (AvgIpc) is 2.80. The van der Waals surface area contributed by atoms with Crippen molar-refractivity contribution in [1.29, 1.82) is 0 Å². The van der Waals surface area contributed by atoms with Gasteiger partial charge in [0.05, 0.1) is 10.6 Å². The fraction of sp³-hybridized carbons (Fsp3) is 0.261. The molecule has 6 nitrogen and oxygen atoms in total. The van der Waals surface area contributed by atoms with E-state index in [-0.39, 0.29) is 17.5 Å². The van der Waals surface area contributed by atoms with Crippen molar-refractivity contribution in [3.63, 3.8) is 0 Å². The van der Waals surface area contributed by atoms with Crippen LogP contribution in [-0.2, 0) is 6.18 Å². The zero-order valence-corrected chi connectivity index (χ0v) is 18.3. The Morgan fingerprint density at radius 1 is 1.09 bits per heavy atom. The lowest BCUT2D eigenvalue weighted by molar-refractivity contribution is -0.137. The molecule has 2 heterocycles. The number of hydrogen-bond acceptors (Lipinski definition) is 5. The summed E-state index contributed by atoms with van der Waals surface area (Å²) in [5.41, 5.74) is -0.559. The molecule has 0 saturated carbocycles. The number of carbonyl (C=O) groups excluding carboxylic acids is 1. The fourth-order valence-electron chi connectivity index (χ4n) is 3.63. The Labute approximate surface area is 193 Å². The minimum Gasteiger partial charge on any atom is -0.437 e. The maximum atomic E-state index is 12.9. The quantitative estimate of drug-likeness (QED) is 0.512. The molecule has 1 amide bonds. The first-order chi connectivity index (χ1) is 15.7. The van der Waals surface area contributed by atoms with Crippen LogP contribution >= 0.6 is 11.6 Å². The largest absolute Gasteiger partial charge is 0.437 e. The number of halogens is 4. The van der Waals surface area contributed by atoms with Gasteiger partial charge in [-0.15, -0.1) is 0 Å². The minimum absolute atomic E-state index is 0.184. The van der Waals surface area contributed by atoms with Crippen LogP contribution in [0.1, 0.15) is 22.8 Å². The van der Waals surface area contributed by atoms with Crippen LogP contribution in [0.5, 0.6) is 11.6 Å². The van der Waals surface area contributed by atoms with Crippen molar-refractivity contribution in [1.82, 2.24) is 14.9 Å². The van der Waals surface area contributed by atoms with Crippen LogP contribution in [0.25, 0.3) is 0 Å². The number of ether oxygens (including phenoxy) is 1. The Hall–Kier alpha value is -3.33. The molecule has 0 aliphatic carbocycles. The Bertz CT molecular complexity index is 1140. The Morgan fingerprint density at radius 3 is 2.48 bits per heavy atom. The molecular formula is C23H20ClF3N4O2. The van der Waals surface area contributed by atoms with Crippen molar-refractivity contribution >= 4 is 23.3 Å². The van der Waals surface area contributed by atoms with Crippen molar-refractivity contribution in [2.24, 2.45) is 0 Å². The number of nitrogens with zero attached hydrogens (tertiary/aromatic N) is 4. The van der Waals surface area contributed by atoms with Gasteiger partial charge in [0.25, 0.3) is 5.91 Å². The van der Waals surface area contributed by atoms with Gasteiger partial charge in [0.1, 0.15) is 17.9 Å². The molecule has 2 aromatic carbocycles. The van der Waals surface area contributed by atoms with Crippen LogP contribution in [0.3, 0.4) is 0 Å². The molecule has 33 heavy (non-hydrogen) atoms. The second-order valence-electron chi connectivity index (χ2n) is 7.62. The Morgan fingerprint density at radius 2 is 1.82 bits per heavy atom. The number of piperazine rings is 1. The van der Waals surface area contributed by atoms with Crippen LogP contribution in [-0.4, -0.2) is 46.5 Å². The summed E-state index contributed by atoms with van der Waals surface area (Å²) in [6.07, 6.45) is -3.04. The second kappa shape index (κ2) is 9.27. The number of amides is 1. The second-order valence-corrected chi connectivity index (χ2v) is 8.02. The van der Waals surface area contributed by atoms with E-state index in [4.69, 9.17) is 16.3 Å². The van der Waals surface area contributed by atoms with Crippen molar-refractivity contribution in [2.45, 2.75) is 19.1 Å². The number of benzene rings is 2. The van der Waals surface area contributed by atoms with Gasteiger partial charge in [-0.05, 0) is 43.3 Å². The summed E-state index contributed by atoms with van der Waals surface area (Å²) in [7, 11) is 0. The van der Waals surface area contributed by atoms with Crippen molar-refractivity contribution in [3.8, 4) is 11.6 Å². The molecule has 0 N–H and O–H groups in total. The van der Waals surface area contributed by atoms with Crippen LogP contribution in [0.4, 0.5) is 19.0 Å². The van der Waals surface area contributed by atoms with Gasteiger partial charge >= 0.3 is 6.18 Å². The molecule has 1 atom stereocenters. The summed E-state index contributed by atoms with van der Waals surface area (Å²) < 4.78 is 44.1. The molecule has 10 heteroatoms. The molecule has 1 aliphatic heterocycles. The molecule has 172 valence electrons. The van der Waals surface area contributed by atoms with Gasteiger partial charge in [-0.3, -0.25) is 4.79 Å². The maximum absolute atomic E-state index is 12.9. The third kappa shape index (κ3) is 5.19. The van der Waals surface area contributed by atoms with Gasteiger partial charge in [0.2, 0.25) is 5.88 Å². The maximum Gasteiger partial charge on any atom is 0.416 e. The van der Waals surface area contributed by atoms with Gasteiger partial charge in [-0.1, -0.05) is 23.7 Å². The molecule has 1 fully saturated rings. The zero-order chi connectivity index (χ0) is 23.6. The molecule has 1 aromatic heterocycles. The smallest absolute Gasteiger partial charge is 0.416 e. The lowest BCUT2D eigenvalue weighted by Crippen LogP contribution is -2.54. The third-order valence-electron chi connectivity index (χ3n) is 5.35. The number of para-hydroxylation sites is 1. The van der Waals surface area contributed by atoms with Crippen LogP contribution < -0.4 is 9.64 Å². The molecule has 4 rings (SSSR count). The Balaban J connectivity index is 1.43. The molecular weight excluding hydrogens is 457 g/mol. The van der Waals surface area contributed by atoms with E-state index >= 15 is 0 Å². The summed E-state index contributed by atoms with van der Waals surface area (Å²) >= 11 is 6.14. The number of carbonyl (C=O) groups is 1. The van der Waals surface area contributed by atoms with E-state index in [0.717, 1.165) is 12.1 Å². The highest BCUT2D eigenvalue weighted by Crippen LogP contribution is 2.31. The molecule has 0 spiro atoms. The molecule has 0 bridgehead atoms. The number of aromatic nitrogens is 2. The van der Waals surface area contributed by atoms with E-state index in [2.05, 4.69) is 9.97 Å². The van der Waals surface area contributed by atoms with Crippen LogP contribution in [0.2, 0.25) is 5.02 Å². The van der Waals surface area contributed by atoms with E-state index in [1.54, 1.807) is 35.2 Å². The van der Waals surface area contributed by atoms with E-state index in [1.807, 2.05) is 11.8 Å². The van der Waals surface area contributed by atoms with Gasteiger partial charge in [0, 0.05) is 37.3 Å². The number of anilines is 1. The predicted molar refractivity (Wildman–Crippen MR) is 118 cm³/mol. The number of hydrogen-bond donors (Lipinski definition) is 0. The zero-order valence-electron chi connectivity index (χ0n) is 17.6. The van der Waals surface area contributed by atoms with E-state index < -0.39 is 11.7 Å². The van der Waals surface area contributed by atoms with Gasteiger partial charge in [0.15, 0.2) is 0 Å². The minimum atomic E-state index is -4.44. The van der Waals surface area contributed by atoms with Crippen molar-refractivity contribution in [2.75, 3.05) is 24.5 Å². The van der Waals surface area contributed by atoms with E-state index in [1.165, 1.54) is 18.5 Å². The summed E-state index contributed by atoms with van der Waals surface area (Å²) in [5.74, 6) is 1.15. The monoisotopic (exact) mass is 476 g/mol. The number of alkyl halides is 3. The van der Waals surface area contributed by atoms with Crippen molar-refractivity contribution < 1.29 is 22.7 Å². The van der Waals surface area contributed by atoms with Gasteiger partial charge < -0.3 is 14.5 Å². The highest BCUT2D eigenvalue weighted by molar-refractivity contribution is 6.32. The fourth-order valence-corrected chi connectivity index (χ4v) is 3.81. The SMILES string of the molecule is C[C@@H]1CN(c2cc(Oc3ccccc3Cl)ncn2)CCN1C(=O)c1ccc(C(F)(F)F)cc1. The highest BCUT2D eigenvalue weighted by Gasteiger charge is 2.32. The Kier molecular flexibility index (Phi) is 6.42. The molecule has 0 unspecified atom stereocenters. The van der Waals surface area contributed by atoms with E-state index in [0.29, 0.717) is 42.1 Å². The molecule has 1 aliphatic rings. The topological polar surface area (TPSA) is 58.6 Å². The van der Waals surface area contributed by atoms with Gasteiger partial charge in [-0.25, -0.2) is 9.97 Å². The van der Waals surface area contributed by atoms with Crippen LogP contribution in [0, 0.1) is 0 Å². The predicted octanol–water partition coefficient (Wildman–Crippen LogP) is 5.29. The van der Waals surface area contributed by atoms with Crippen LogP contribution in [0.15, 0.2) is 60.9 Å². The lowest BCUT2D eigenvalue weighted by Gasteiger charge is -2.40. The van der Waals surface area contributed by atoms with Crippen molar-refractivity contribution in [3.05, 3.63) is 77.1 Å². The first-order valence-corrected chi connectivity index (χ1v) is 10.6. The first kappa shape index (κ1) is 22.8. The molecule has 3 aromatic rings. The summed E-state index contributed by atoms with van der Waals surface area (Å²) in [6, 6.07) is 12.8. The average molecular weight is 477 g/mol. The van der Waals surface area contributed by atoms with E-state index in [9.17, 15) is 18.0 Å². The van der Waals surface area contributed by atoms with Gasteiger partial charge in [-0.2, -0.15) is 13.2 Å². The standard InChI is InChI=1S/C23H20ClF3N4O2/c1-15-13-30(20-12-21(29-14-28-20)33-19-5-3-2-4-18(19)24)10-11-31(15)22(32)16-6-8-17(9-7-16)23(25,26)27/h2-9,12,14-15H,10-11,13H2,1H3/t15-/m1/s1. The molecule has 1 saturated heterocycles. The summed E-state index contributed by atoms with van der Waals surface area (Å²) in [6.45, 7) is 3.27. The lowest BCUT2D eigenvalue weighted by atomic mass is 10.1. The normalized spacial score (nSPS) is 16.6. The highest BCUT2D eigenvalue weighted by atomic mass is 35.5. The number of rotatable bonds is 4. The summed E-state index contributed by atoms with van der Waals surface area (Å²) in [5, 5.41) is 0.460. The summed E-state index contributed by atoms with van der Waals surface area (Å²) in [4.78, 5) is 25.0. The molecule has 0 radical (unpaired) electrons.